The molecular weight excluding hydrogens is 799 g/mol. The van der Waals surface area contributed by atoms with E-state index in [4.69, 9.17) is 19.5 Å². The summed E-state index contributed by atoms with van der Waals surface area (Å²) < 4.78 is 9.63. The molecule has 3 aromatic carbocycles. The molecule has 15 nitrogen and oxygen atoms in total. The van der Waals surface area contributed by atoms with Crippen LogP contribution in [0, 0.1) is 34.0 Å². The number of nitrogens with one attached hydrogen (secondary N) is 4. The van der Waals surface area contributed by atoms with Crippen molar-refractivity contribution in [3.05, 3.63) is 78.2 Å². The van der Waals surface area contributed by atoms with Gasteiger partial charge < -0.3 is 40.2 Å². The van der Waals surface area contributed by atoms with Gasteiger partial charge in [-0.15, -0.1) is 0 Å². The van der Waals surface area contributed by atoms with Gasteiger partial charge in [0.2, 0.25) is 11.8 Å². The van der Waals surface area contributed by atoms with Crippen molar-refractivity contribution in [2.75, 3.05) is 33.9 Å². The molecule has 0 bridgehead atoms. The van der Waals surface area contributed by atoms with Crippen molar-refractivity contribution in [2.45, 2.75) is 90.5 Å². The summed E-state index contributed by atoms with van der Waals surface area (Å²) in [5.74, 6) is 0.578. The Hall–Kier alpha value is -6.43. The molecule has 4 heterocycles. The number of aromatic amines is 1. The maximum atomic E-state index is 14.0. The first-order valence-corrected chi connectivity index (χ1v) is 21.8. The van der Waals surface area contributed by atoms with Gasteiger partial charge in [0.1, 0.15) is 23.7 Å². The highest BCUT2D eigenvalue weighted by molar-refractivity contribution is 5.96. The van der Waals surface area contributed by atoms with Gasteiger partial charge in [0.15, 0.2) is 0 Å². The molecule has 1 aliphatic carbocycles. The third-order valence-electron chi connectivity index (χ3n) is 13.3. The zero-order valence-corrected chi connectivity index (χ0v) is 37.0. The van der Waals surface area contributed by atoms with E-state index in [0.29, 0.717) is 25.3 Å². The van der Waals surface area contributed by atoms with Crippen LogP contribution in [0.2, 0.25) is 0 Å². The molecule has 330 valence electrons. The minimum atomic E-state index is -0.845. The minimum absolute atomic E-state index is 0.100. The minimum Gasteiger partial charge on any atom is -0.453 e. The van der Waals surface area contributed by atoms with Crippen LogP contribution in [-0.2, 0) is 19.1 Å². The Morgan fingerprint density at radius 3 is 2.21 bits per heavy atom. The van der Waals surface area contributed by atoms with E-state index in [1.807, 2.05) is 45.7 Å². The number of hydrogen-bond acceptors (Lipinski definition) is 10. The SMILES string of the molecule is COC(=O)N[C@H](C(=O)N1CC2(CC2)C[C@H]1c1ncc(-c2ccc(-c3ccc4cc(C5CN=C([C@@H]6C[C@H](C#N)CN6C(=O)[C@@H](NC(=O)OC)C(C)(C)C)N5)ccc4c3)cc2)[nH]1)C(C)C. The summed E-state index contributed by atoms with van der Waals surface area (Å²) >= 11 is 0. The van der Waals surface area contributed by atoms with Crippen LogP contribution in [0.4, 0.5) is 9.59 Å². The number of amidine groups is 1. The molecule has 1 aromatic heterocycles. The van der Waals surface area contributed by atoms with Crippen LogP contribution in [0.3, 0.4) is 0 Å². The summed E-state index contributed by atoms with van der Waals surface area (Å²) in [6.07, 6.45) is 3.99. The fourth-order valence-corrected chi connectivity index (χ4v) is 9.38. The number of H-pyrrole nitrogens is 1. The molecule has 3 aliphatic heterocycles. The van der Waals surface area contributed by atoms with Crippen molar-refractivity contribution in [1.29, 1.82) is 5.26 Å². The number of nitrogens with zero attached hydrogens (tertiary/aromatic N) is 5. The molecule has 4 amide bonds. The first-order chi connectivity index (χ1) is 30.1. The van der Waals surface area contributed by atoms with Crippen LogP contribution < -0.4 is 16.0 Å². The van der Waals surface area contributed by atoms with E-state index in [2.05, 4.69) is 87.7 Å². The van der Waals surface area contributed by atoms with Crippen LogP contribution in [0.5, 0.6) is 0 Å². The molecule has 4 N–H and O–H groups in total. The first-order valence-electron chi connectivity index (χ1n) is 21.8. The van der Waals surface area contributed by atoms with Crippen molar-refractivity contribution in [3.63, 3.8) is 0 Å². The molecule has 4 aromatic rings. The van der Waals surface area contributed by atoms with Gasteiger partial charge in [-0.25, -0.2) is 14.6 Å². The lowest BCUT2D eigenvalue weighted by molar-refractivity contribution is -0.136. The highest BCUT2D eigenvalue weighted by Gasteiger charge is 2.55. The molecule has 0 radical (unpaired) electrons. The quantitative estimate of drug-likeness (QED) is 0.132. The second kappa shape index (κ2) is 17.0. The number of carbonyl (C=O) groups excluding carboxylic acids is 4. The summed E-state index contributed by atoms with van der Waals surface area (Å²) in [7, 11) is 2.57. The number of aliphatic imine (C=N–C) groups is 1. The predicted octanol–water partition coefficient (Wildman–Crippen LogP) is 6.89. The Labute approximate surface area is 368 Å². The molecule has 3 fully saturated rings. The lowest BCUT2D eigenvalue weighted by Gasteiger charge is -2.35. The van der Waals surface area contributed by atoms with E-state index >= 15 is 0 Å². The Kier molecular flexibility index (Phi) is 11.7. The number of amides is 4. The smallest absolute Gasteiger partial charge is 0.407 e. The van der Waals surface area contributed by atoms with Gasteiger partial charge in [0.25, 0.3) is 0 Å². The van der Waals surface area contributed by atoms with Gasteiger partial charge in [-0.2, -0.15) is 5.26 Å². The highest BCUT2D eigenvalue weighted by Crippen LogP contribution is 2.58. The van der Waals surface area contributed by atoms with Crippen molar-refractivity contribution < 1.29 is 28.7 Å². The summed E-state index contributed by atoms with van der Waals surface area (Å²) in [6.45, 7) is 10.9. The van der Waals surface area contributed by atoms with Gasteiger partial charge in [0.05, 0.1) is 62.8 Å². The zero-order valence-electron chi connectivity index (χ0n) is 37.0. The number of fused-ring (bicyclic) bond motifs is 1. The van der Waals surface area contributed by atoms with Crippen LogP contribution >= 0.6 is 0 Å². The molecule has 1 unspecified atom stereocenters. The summed E-state index contributed by atoms with van der Waals surface area (Å²) in [5.41, 5.74) is 4.60. The average Bonchev–Trinajstić information content (AvgIpc) is 3.78. The standard InChI is InChI=1S/C48H57N9O6/c1-27(2)39(54-45(60)62-6)43(58)57-26-48(16-17-48)21-38(57)42-51-23-35(52-42)30-10-8-29(9-11-30)31-12-13-33-20-34(15-14-32(33)19-31)36-24-50-41(53-36)37-18-28(22-49)25-56(37)44(59)40(47(3,4)5)55-46(61)63-7/h8-15,19-20,23,27-28,36-40H,16-18,21,24-26H2,1-7H3,(H,50,53)(H,51,52)(H,54,60)(H,55,61)/t28-,36?,37+,38+,39+,40-/m1/s1. The number of imidazole rings is 1. The van der Waals surface area contributed by atoms with Gasteiger partial charge in [0, 0.05) is 13.1 Å². The molecule has 63 heavy (non-hydrogen) atoms. The molecule has 1 saturated carbocycles. The highest BCUT2D eigenvalue weighted by atomic mass is 16.5. The summed E-state index contributed by atoms with van der Waals surface area (Å²) in [6, 6.07) is 21.3. The number of alkyl carbamates (subject to hydrolysis) is 2. The van der Waals surface area contributed by atoms with E-state index in [1.54, 1.807) is 4.90 Å². The average molecular weight is 856 g/mol. The molecule has 4 aliphatic rings. The van der Waals surface area contributed by atoms with Gasteiger partial charge in [-0.05, 0) is 87.6 Å². The Morgan fingerprint density at radius 1 is 0.873 bits per heavy atom. The van der Waals surface area contributed by atoms with Crippen molar-refractivity contribution in [3.8, 4) is 28.5 Å². The number of aromatic nitrogens is 2. The van der Waals surface area contributed by atoms with Gasteiger partial charge in [-0.3, -0.25) is 14.6 Å². The predicted molar refractivity (Wildman–Crippen MR) is 238 cm³/mol. The van der Waals surface area contributed by atoms with E-state index in [1.165, 1.54) is 14.2 Å². The van der Waals surface area contributed by atoms with E-state index in [-0.39, 0.29) is 47.7 Å². The molecule has 15 heteroatoms. The number of carbonyl (C=O) groups is 4. The fraction of sp³-hybridized carbons (Fsp3) is 0.479. The van der Waals surface area contributed by atoms with Gasteiger partial charge >= 0.3 is 12.2 Å². The second-order valence-electron chi connectivity index (χ2n) is 19.1. The lowest BCUT2D eigenvalue weighted by Crippen LogP contribution is -2.57. The second-order valence-corrected chi connectivity index (χ2v) is 19.1. The maximum Gasteiger partial charge on any atom is 0.407 e. The third kappa shape index (κ3) is 8.81. The van der Waals surface area contributed by atoms with Crippen LogP contribution in [0.15, 0.2) is 71.9 Å². The normalized spacial score (nSPS) is 22.3. The Bertz CT molecular complexity index is 2480. The molecule has 8 rings (SSSR count). The van der Waals surface area contributed by atoms with Gasteiger partial charge in [-0.1, -0.05) is 83.1 Å². The van der Waals surface area contributed by atoms with E-state index in [9.17, 15) is 24.4 Å². The fourth-order valence-electron chi connectivity index (χ4n) is 9.38. The topological polar surface area (TPSA) is 194 Å². The molecular formula is C48H57N9O6. The third-order valence-corrected chi connectivity index (χ3v) is 13.3. The number of likely N-dealkylation sites (tertiary alicyclic amines) is 2. The first kappa shape index (κ1) is 43.2. The number of hydrogen-bond donors (Lipinski definition) is 4. The largest absolute Gasteiger partial charge is 0.453 e. The zero-order chi connectivity index (χ0) is 44.8. The summed E-state index contributed by atoms with van der Waals surface area (Å²) in [4.78, 5) is 68.9. The molecule has 1 spiro atoms. The number of ether oxygens (including phenoxy) is 2. The summed E-state index contributed by atoms with van der Waals surface area (Å²) in [5, 5.41) is 21.1. The van der Waals surface area contributed by atoms with Crippen molar-refractivity contribution in [2.24, 2.45) is 27.7 Å². The lowest BCUT2D eigenvalue weighted by atomic mass is 9.85. The number of nitriles is 1. The monoisotopic (exact) mass is 855 g/mol. The Balaban J connectivity index is 0.935. The number of rotatable bonds is 10. The van der Waals surface area contributed by atoms with Crippen LogP contribution in [-0.4, -0.2) is 102 Å². The van der Waals surface area contributed by atoms with E-state index < -0.39 is 35.7 Å². The number of benzene rings is 3. The van der Waals surface area contributed by atoms with E-state index in [0.717, 1.165) is 63.8 Å². The van der Waals surface area contributed by atoms with Crippen LogP contribution in [0.25, 0.3) is 33.2 Å². The van der Waals surface area contributed by atoms with Crippen LogP contribution in [0.1, 0.15) is 83.8 Å². The maximum absolute atomic E-state index is 14.0. The molecule has 6 atom stereocenters. The number of methoxy groups -OCH3 is 2. The van der Waals surface area contributed by atoms with Crippen molar-refractivity contribution in [1.82, 2.24) is 35.7 Å². The molecule has 2 saturated heterocycles. The Morgan fingerprint density at radius 2 is 1.54 bits per heavy atom. The van der Waals surface area contributed by atoms with Crippen molar-refractivity contribution >= 4 is 40.6 Å².